The molecule has 0 bridgehead atoms. The van der Waals surface area contributed by atoms with Crippen molar-refractivity contribution >= 4 is 46.2 Å². The number of halogens is 1. The van der Waals surface area contributed by atoms with Crippen LogP contribution in [0.5, 0.6) is 0 Å². The average Bonchev–Trinajstić information content (AvgIpc) is 2.62. The zero-order chi connectivity index (χ0) is 18.9. The zero-order valence-electron chi connectivity index (χ0n) is 15.7. The van der Waals surface area contributed by atoms with Crippen LogP contribution in [0.1, 0.15) is 39.5 Å². The molecule has 26 heavy (non-hydrogen) atoms. The van der Waals surface area contributed by atoms with Crippen LogP contribution in [-0.2, 0) is 4.79 Å². The molecule has 0 unspecified atom stereocenters. The number of piperazine rings is 1. The van der Waals surface area contributed by atoms with E-state index in [-0.39, 0.29) is 5.91 Å². The Bertz CT molecular complexity index is 618. The van der Waals surface area contributed by atoms with E-state index >= 15 is 0 Å². The number of anilines is 2. The van der Waals surface area contributed by atoms with E-state index in [1.54, 1.807) is 4.90 Å². The predicted octanol–water partition coefficient (Wildman–Crippen LogP) is 2.46. The van der Waals surface area contributed by atoms with Gasteiger partial charge in [0.15, 0.2) is 5.11 Å². The lowest BCUT2D eigenvalue weighted by atomic mass is 10.2. The summed E-state index contributed by atoms with van der Waals surface area (Å²) in [7, 11) is 0. The van der Waals surface area contributed by atoms with Crippen LogP contribution >= 0.6 is 23.8 Å². The quantitative estimate of drug-likeness (QED) is 0.488. The molecule has 3 N–H and O–H groups in total. The molecule has 0 saturated carbocycles. The smallest absolute Gasteiger partial charge is 0.226 e. The molecule has 1 aromatic rings. The minimum absolute atomic E-state index is 0.0463. The number of carbonyl (C=O) groups excluding carboxylic acids is 1. The minimum atomic E-state index is -0.0463. The van der Waals surface area contributed by atoms with E-state index in [4.69, 9.17) is 23.8 Å². The molecule has 1 heterocycles. The Morgan fingerprint density at radius 3 is 2.62 bits per heavy atom. The van der Waals surface area contributed by atoms with Gasteiger partial charge in [0.05, 0.1) is 43.4 Å². The molecule has 1 amide bonds. The van der Waals surface area contributed by atoms with Crippen molar-refractivity contribution in [3.8, 4) is 0 Å². The maximum absolute atomic E-state index is 11.8. The fraction of sp³-hybridized carbons (Fsp3) is 0.579. The van der Waals surface area contributed by atoms with Crippen molar-refractivity contribution in [2.24, 2.45) is 0 Å². The molecule has 0 atom stereocenters. The van der Waals surface area contributed by atoms with Gasteiger partial charge in [-0.05, 0) is 43.8 Å². The first kappa shape index (κ1) is 20.9. The van der Waals surface area contributed by atoms with Crippen LogP contribution in [0.2, 0.25) is 5.02 Å². The van der Waals surface area contributed by atoms with Crippen LogP contribution < -0.4 is 20.4 Å². The number of likely N-dealkylation sites (N-methyl/N-ethyl adjacent to an activating group) is 1. The molecule has 144 valence electrons. The number of benzene rings is 1. The van der Waals surface area contributed by atoms with E-state index in [0.29, 0.717) is 16.6 Å². The number of hydrogen-bond acceptors (Lipinski definition) is 3. The number of nitrogens with zero attached hydrogens (tertiary/aromatic N) is 1. The van der Waals surface area contributed by atoms with Gasteiger partial charge in [0.25, 0.3) is 0 Å². The van der Waals surface area contributed by atoms with Gasteiger partial charge in [-0.1, -0.05) is 31.4 Å². The highest BCUT2D eigenvalue weighted by Gasteiger charge is 2.20. The second-order valence-corrected chi connectivity index (χ2v) is 7.53. The molecular weight excluding hydrogens is 368 g/mol. The maximum Gasteiger partial charge on any atom is 0.226 e. The summed E-state index contributed by atoms with van der Waals surface area (Å²) in [5.41, 5.74) is 1.84. The van der Waals surface area contributed by atoms with Crippen molar-refractivity contribution in [1.29, 1.82) is 0 Å². The molecule has 0 spiro atoms. The Morgan fingerprint density at radius 1 is 1.27 bits per heavy atom. The summed E-state index contributed by atoms with van der Waals surface area (Å²) in [5, 5.41) is 6.78. The standard InChI is InChI=1S/C19H29ClN4OS/c1-3-5-6-7-18(25)22-19(26)21-15-8-9-17(16(20)14-15)24-12-10-23(4-2)11-13-24/h8-9,14H,3-7,10-13H2,1-2H3,(H2,21,22,25,26)/p+1. The van der Waals surface area contributed by atoms with Crippen LogP contribution in [0, 0.1) is 0 Å². The van der Waals surface area contributed by atoms with Gasteiger partial charge in [-0.15, -0.1) is 0 Å². The third-order valence-corrected chi connectivity index (χ3v) is 5.28. The van der Waals surface area contributed by atoms with E-state index in [0.717, 1.165) is 56.8 Å². The summed E-state index contributed by atoms with van der Waals surface area (Å²) in [4.78, 5) is 15.8. The van der Waals surface area contributed by atoms with Crippen molar-refractivity contribution in [3.05, 3.63) is 23.2 Å². The zero-order valence-corrected chi connectivity index (χ0v) is 17.3. The summed E-state index contributed by atoms with van der Waals surface area (Å²) >= 11 is 11.7. The highest BCUT2D eigenvalue weighted by Crippen LogP contribution is 2.28. The molecule has 1 fully saturated rings. The number of carbonyl (C=O) groups is 1. The van der Waals surface area contributed by atoms with Crippen molar-refractivity contribution in [2.75, 3.05) is 42.9 Å². The second kappa shape index (κ2) is 10.7. The first-order chi connectivity index (χ1) is 12.5. The molecule has 7 heteroatoms. The van der Waals surface area contributed by atoms with Crippen LogP contribution in [-0.4, -0.2) is 43.7 Å². The molecule has 1 saturated heterocycles. The van der Waals surface area contributed by atoms with Gasteiger partial charge in [0, 0.05) is 12.1 Å². The fourth-order valence-electron chi connectivity index (χ4n) is 3.15. The summed E-state index contributed by atoms with van der Waals surface area (Å²) in [5.74, 6) is -0.0463. The first-order valence-electron chi connectivity index (χ1n) is 9.52. The summed E-state index contributed by atoms with van der Waals surface area (Å²) in [6.45, 7) is 9.82. The SMILES string of the molecule is CCCCCC(=O)NC(=S)Nc1ccc(N2CC[NH+](CC)CC2)c(Cl)c1. The number of rotatable bonds is 7. The lowest BCUT2D eigenvalue weighted by Gasteiger charge is -2.33. The fourth-order valence-corrected chi connectivity index (χ4v) is 3.68. The van der Waals surface area contributed by atoms with Gasteiger partial charge >= 0.3 is 0 Å². The molecule has 0 aliphatic carbocycles. The van der Waals surface area contributed by atoms with Gasteiger partial charge in [-0.2, -0.15) is 0 Å². The van der Waals surface area contributed by atoms with Gasteiger partial charge in [0.1, 0.15) is 0 Å². The molecule has 1 aliphatic rings. The molecule has 1 aliphatic heterocycles. The average molecular weight is 398 g/mol. The van der Waals surface area contributed by atoms with Gasteiger partial charge in [0.2, 0.25) is 5.91 Å². The normalized spacial score (nSPS) is 15.0. The first-order valence-corrected chi connectivity index (χ1v) is 10.3. The van der Waals surface area contributed by atoms with Crippen LogP contribution in [0.3, 0.4) is 0 Å². The predicted molar refractivity (Wildman–Crippen MR) is 113 cm³/mol. The summed E-state index contributed by atoms with van der Waals surface area (Å²) in [6.07, 6.45) is 3.54. The number of nitrogens with one attached hydrogen (secondary N) is 3. The largest absolute Gasteiger partial charge is 0.359 e. The number of amides is 1. The monoisotopic (exact) mass is 397 g/mol. The lowest BCUT2D eigenvalue weighted by Crippen LogP contribution is -3.14. The maximum atomic E-state index is 11.8. The molecule has 5 nitrogen and oxygen atoms in total. The lowest BCUT2D eigenvalue weighted by molar-refractivity contribution is -0.898. The molecule has 0 aromatic heterocycles. The third kappa shape index (κ3) is 6.41. The number of hydrogen-bond donors (Lipinski definition) is 3. The van der Waals surface area contributed by atoms with E-state index < -0.39 is 0 Å². The number of unbranched alkanes of at least 4 members (excludes halogenated alkanes) is 2. The van der Waals surface area contributed by atoms with E-state index in [1.165, 1.54) is 6.54 Å². The van der Waals surface area contributed by atoms with Gasteiger partial charge in [-0.25, -0.2) is 0 Å². The minimum Gasteiger partial charge on any atom is -0.359 e. The second-order valence-electron chi connectivity index (χ2n) is 6.72. The van der Waals surface area contributed by atoms with Crippen molar-refractivity contribution in [1.82, 2.24) is 5.32 Å². The number of thiocarbonyl (C=S) groups is 1. The molecule has 1 aromatic carbocycles. The van der Waals surface area contributed by atoms with Crippen molar-refractivity contribution < 1.29 is 9.69 Å². The Kier molecular flexibility index (Phi) is 8.62. The molecular formula is C19H30ClN4OS+. The van der Waals surface area contributed by atoms with Crippen molar-refractivity contribution in [3.63, 3.8) is 0 Å². The van der Waals surface area contributed by atoms with Crippen LogP contribution in [0.25, 0.3) is 0 Å². The number of quaternary nitrogens is 1. The Hall–Kier alpha value is -1.37. The summed E-state index contributed by atoms with van der Waals surface area (Å²) < 4.78 is 0. The highest BCUT2D eigenvalue weighted by atomic mass is 35.5. The van der Waals surface area contributed by atoms with E-state index in [2.05, 4.69) is 29.4 Å². The topological polar surface area (TPSA) is 48.8 Å². The van der Waals surface area contributed by atoms with E-state index in [1.807, 2.05) is 18.2 Å². The van der Waals surface area contributed by atoms with E-state index in [9.17, 15) is 4.79 Å². The Morgan fingerprint density at radius 2 is 2.00 bits per heavy atom. The van der Waals surface area contributed by atoms with Crippen LogP contribution in [0.15, 0.2) is 18.2 Å². The molecule has 2 rings (SSSR count). The third-order valence-electron chi connectivity index (χ3n) is 4.78. The van der Waals surface area contributed by atoms with Crippen molar-refractivity contribution in [2.45, 2.75) is 39.5 Å². The highest BCUT2D eigenvalue weighted by molar-refractivity contribution is 7.80. The van der Waals surface area contributed by atoms with Gasteiger partial charge in [-0.3, -0.25) is 4.79 Å². The Balaban J connectivity index is 1.87. The molecule has 0 radical (unpaired) electrons. The summed E-state index contributed by atoms with van der Waals surface area (Å²) in [6, 6.07) is 5.84. The van der Waals surface area contributed by atoms with Crippen LogP contribution in [0.4, 0.5) is 11.4 Å². The van der Waals surface area contributed by atoms with Gasteiger partial charge < -0.3 is 20.4 Å². The Labute approximate surface area is 167 Å².